The van der Waals surface area contributed by atoms with E-state index in [2.05, 4.69) is 4.90 Å². The number of hydrogen-bond acceptors (Lipinski definition) is 6. The van der Waals surface area contributed by atoms with Crippen molar-refractivity contribution in [2.75, 3.05) is 38.2 Å². The number of sulfonamides is 1. The van der Waals surface area contributed by atoms with E-state index < -0.39 is 20.0 Å². The van der Waals surface area contributed by atoms with Gasteiger partial charge in [-0.1, -0.05) is 18.2 Å². The van der Waals surface area contributed by atoms with Gasteiger partial charge in [0.15, 0.2) is 0 Å². The summed E-state index contributed by atoms with van der Waals surface area (Å²) in [5.41, 5.74) is 0.998. The van der Waals surface area contributed by atoms with Gasteiger partial charge >= 0.3 is 0 Å². The molecule has 0 spiro atoms. The number of ether oxygens (including phenoxy) is 1. The molecule has 1 fully saturated rings. The fraction of sp³-hybridized carbons (Fsp3) is 0.238. The first-order valence-corrected chi connectivity index (χ1v) is 12.6. The van der Waals surface area contributed by atoms with Crippen LogP contribution in [0.4, 0.5) is 5.69 Å². The van der Waals surface area contributed by atoms with Crippen LogP contribution in [0, 0.1) is 0 Å². The van der Waals surface area contributed by atoms with Crippen LogP contribution in [-0.4, -0.2) is 58.4 Å². The van der Waals surface area contributed by atoms with Crippen molar-refractivity contribution in [3.05, 3.63) is 73.1 Å². The highest BCUT2D eigenvalue weighted by Gasteiger charge is 2.30. The van der Waals surface area contributed by atoms with E-state index in [1.165, 1.54) is 28.7 Å². The van der Waals surface area contributed by atoms with Crippen molar-refractivity contribution in [1.29, 1.82) is 0 Å². The van der Waals surface area contributed by atoms with E-state index in [9.17, 15) is 16.8 Å². The van der Waals surface area contributed by atoms with Crippen molar-refractivity contribution in [1.82, 2.24) is 8.28 Å². The van der Waals surface area contributed by atoms with E-state index in [4.69, 9.17) is 4.74 Å². The number of aromatic nitrogens is 1. The van der Waals surface area contributed by atoms with E-state index in [-0.39, 0.29) is 9.79 Å². The number of anilines is 1. The highest BCUT2D eigenvalue weighted by Crippen LogP contribution is 2.24. The molecule has 1 saturated heterocycles. The van der Waals surface area contributed by atoms with Gasteiger partial charge in [0.1, 0.15) is 10.6 Å². The minimum atomic E-state index is -3.84. The minimum Gasteiger partial charge on any atom is -0.497 e. The highest BCUT2D eigenvalue weighted by atomic mass is 32.2. The van der Waals surface area contributed by atoms with Crippen molar-refractivity contribution < 1.29 is 21.6 Å². The largest absolute Gasteiger partial charge is 0.497 e. The molecule has 8 nitrogen and oxygen atoms in total. The zero-order valence-electron chi connectivity index (χ0n) is 17.0. The smallest absolute Gasteiger partial charge is 0.267 e. The zero-order chi connectivity index (χ0) is 22.1. The Hall–Kier alpha value is -2.82. The maximum atomic E-state index is 13.1. The average Bonchev–Trinajstić information content (AvgIpc) is 3.32. The third kappa shape index (κ3) is 4.18. The lowest BCUT2D eigenvalue weighted by molar-refractivity contribution is 0.384. The maximum absolute atomic E-state index is 13.1. The molecule has 0 unspecified atom stereocenters. The standard InChI is InChI=1S/C21H23N3O5S2/c1-29-19-9-7-18(8-10-19)22-13-15-23(16-14-22)31(27,28)21-11-12-24(17-21)30(25,26)20-5-3-2-4-6-20/h2-12,17H,13-16H2,1H3. The lowest BCUT2D eigenvalue weighted by atomic mass is 10.2. The van der Waals surface area contributed by atoms with Crippen molar-refractivity contribution in [3.63, 3.8) is 0 Å². The molecule has 1 aliphatic rings. The van der Waals surface area contributed by atoms with Crippen LogP contribution >= 0.6 is 0 Å². The Morgan fingerprint density at radius 3 is 2.00 bits per heavy atom. The van der Waals surface area contributed by atoms with Gasteiger partial charge in [0.25, 0.3) is 10.0 Å². The second-order valence-electron chi connectivity index (χ2n) is 7.08. The first-order valence-electron chi connectivity index (χ1n) is 9.70. The van der Waals surface area contributed by atoms with E-state index in [1.807, 2.05) is 24.3 Å². The van der Waals surface area contributed by atoms with Gasteiger partial charge in [-0.3, -0.25) is 0 Å². The fourth-order valence-corrected chi connectivity index (χ4v) is 6.21. The predicted octanol–water partition coefficient (Wildman–Crippen LogP) is 2.24. The van der Waals surface area contributed by atoms with Gasteiger partial charge in [-0.2, -0.15) is 4.31 Å². The first kappa shape index (κ1) is 21.4. The Bertz CT molecular complexity index is 1250. The average molecular weight is 462 g/mol. The zero-order valence-corrected chi connectivity index (χ0v) is 18.6. The number of benzene rings is 2. The molecule has 0 N–H and O–H groups in total. The third-order valence-corrected chi connectivity index (χ3v) is 8.81. The van der Waals surface area contributed by atoms with Crippen LogP contribution in [0.5, 0.6) is 5.75 Å². The molecule has 2 aromatic carbocycles. The highest BCUT2D eigenvalue weighted by molar-refractivity contribution is 7.90. The minimum absolute atomic E-state index is 0.0371. The van der Waals surface area contributed by atoms with E-state index >= 15 is 0 Å². The Morgan fingerprint density at radius 2 is 1.39 bits per heavy atom. The summed E-state index contributed by atoms with van der Waals surface area (Å²) in [5, 5.41) is 0. The summed E-state index contributed by atoms with van der Waals surface area (Å²) in [6, 6.07) is 16.9. The van der Waals surface area contributed by atoms with E-state index in [1.54, 1.807) is 25.3 Å². The van der Waals surface area contributed by atoms with Crippen LogP contribution in [-0.2, 0) is 20.0 Å². The summed E-state index contributed by atoms with van der Waals surface area (Å²) in [6.45, 7) is 1.69. The van der Waals surface area contributed by atoms with Gasteiger partial charge < -0.3 is 9.64 Å². The lowest BCUT2D eigenvalue weighted by Gasteiger charge is -2.35. The van der Waals surface area contributed by atoms with Crippen molar-refractivity contribution in [2.24, 2.45) is 0 Å². The molecule has 1 aliphatic heterocycles. The van der Waals surface area contributed by atoms with Crippen LogP contribution in [0.2, 0.25) is 0 Å². The second-order valence-corrected chi connectivity index (χ2v) is 10.9. The van der Waals surface area contributed by atoms with Crippen molar-refractivity contribution in [3.8, 4) is 5.75 Å². The van der Waals surface area contributed by atoms with Crippen LogP contribution in [0.1, 0.15) is 0 Å². The molecule has 31 heavy (non-hydrogen) atoms. The molecular formula is C21H23N3O5S2. The van der Waals surface area contributed by atoms with Crippen LogP contribution in [0.15, 0.2) is 82.8 Å². The van der Waals surface area contributed by atoms with Crippen LogP contribution in [0.25, 0.3) is 0 Å². The molecule has 164 valence electrons. The predicted molar refractivity (Wildman–Crippen MR) is 117 cm³/mol. The van der Waals surface area contributed by atoms with Crippen molar-refractivity contribution in [2.45, 2.75) is 9.79 Å². The van der Waals surface area contributed by atoms with Gasteiger partial charge in [-0.05, 0) is 42.5 Å². The van der Waals surface area contributed by atoms with Crippen LogP contribution in [0.3, 0.4) is 0 Å². The molecule has 1 aromatic heterocycles. The monoisotopic (exact) mass is 461 g/mol. The molecule has 0 atom stereocenters. The number of hydrogen-bond donors (Lipinski definition) is 0. The molecule has 0 saturated carbocycles. The molecule has 10 heteroatoms. The lowest BCUT2D eigenvalue weighted by Crippen LogP contribution is -2.48. The first-order chi connectivity index (χ1) is 14.8. The number of rotatable bonds is 6. The summed E-state index contributed by atoms with van der Waals surface area (Å²) in [6.07, 6.45) is 2.43. The number of nitrogens with zero attached hydrogens (tertiary/aromatic N) is 3. The van der Waals surface area contributed by atoms with Gasteiger partial charge in [0.2, 0.25) is 10.0 Å². The van der Waals surface area contributed by atoms with Gasteiger partial charge in [-0.25, -0.2) is 20.8 Å². The summed E-state index contributed by atoms with van der Waals surface area (Å²) in [4.78, 5) is 2.17. The number of methoxy groups -OCH3 is 1. The normalized spacial score (nSPS) is 15.7. The molecule has 4 rings (SSSR count). The van der Waals surface area contributed by atoms with Gasteiger partial charge in [0, 0.05) is 44.3 Å². The molecule has 0 radical (unpaired) electrons. The second kappa shape index (κ2) is 8.37. The molecule has 0 bridgehead atoms. The molecule has 2 heterocycles. The maximum Gasteiger partial charge on any atom is 0.267 e. The Kier molecular flexibility index (Phi) is 5.78. The SMILES string of the molecule is COc1ccc(N2CCN(S(=O)(=O)c3ccn(S(=O)(=O)c4ccccc4)c3)CC2)cc1. The Morgan fingerprint density at radius 1 is 0.742 bits per heavy atom. The Labute approximate surface area is 182 Å². The van der Waals surface area contributed by atoms with Crippen LogP contribution < -0.4 is 9.64 Å². The summed E-state index contributed by atoms with van der Waals surface area (Å²) in [5.74, 6) is 0.764. The van der Waals surface area contributed by atoms with Gasteiger partial charge in [0.05, 0.1) is 12.0 Å². The summed E-state index contributed by atoms with van der Waals surface area (Å²) >= 11 is 0. The molecule has 0 amide bonds. The molecule has 0 aliphatic carbocycles. The van der Waals surface area contributed by atoms with E-state index in [0.717, 1.165) is 21.6 Å². The van der Waals surface area contributed by atoms with Gasteiger partial charge in [-0.15, -0.1) is 0 Å². The van der Waals surface area contributed by atoms with E-state index in [0.29, 0.717) is 26.2 Å². The van der Waals surface area contributed by atoms with Crippen molar-refractivity contribution >= 4 is 25.7 Å². The fourth-order valence-electron chi connectivity index (χ4n) is 3.50. The summed E-state index contributed by atoms with van der Waals surface area (Å²) < 4.78 is 59.1. The third-order valence-electron chi connectivity index (χ3n) is 5.27. The summed E-state index contributed by atoms with van der Waals surface area (Å²) in [7, 11) is -6.03. The quantitative estimate of drug-likeness (QED) is 0.559. The Balaban J connectivity index is 1.49. The topological polar surface area (TPSA) is 88.9 Å². The molecular weight excluding hydrogens is 438 g/mol. The molecule has 3 aromatic rings. The number of piperazine rings is 1.